The molecule has 1 aromatic carbocycles. The molecule has 0 saturated carbocycles. The van der Waals surface area contributed by atoms with Crippen molar-refractivity contribution in [3.63, 3.8) is 0 Å². The maximum absolute atomic E-state index is 3.84. The van der Waals surface area contributed by atoms with Gasteiger partial charge >= 0.3 is 0 Å². The number of tetrazole rings is 1. The molecule has 63 valence electrons. The first kappa shape index (κ1) is 12.6. The van der Waals surface area contributed by atoms with Gasteiger partial charge in [0.2, 0.25) is 5.82 Å². The fraction of sp³-hybridized carbons (Fsp3) is 0. The largest absolute Gasteiger partial charge is 0.204 e. The Morgan fingerprint density at radius 3 is 2.31 bits per heavy atom. The van der Waals surface area contributed by atoms with Crippen LogP contribution in [0.25, 0.3) is 11.4 Å². The molecule has 2 rings (SSSR count). The van der Waals surface area contributed by atoms with E-state index in [2.05, 4.69) is 20.6 Å². The van der Waals surface area contributed by atoms with Crippen LogP contribution in [0, 0.1) is 0 Å². The molecule has 13 heavy (non-hydrogen) atoms. The minimum atomic E-state index is 0. The van der Waals surface area contributed by atoms with Gasteiger partial charge in [-0.1, -0.05) is 30.3 Å². The van der Waals surface area contributed by atoms with E-state index in [0.717, 1.165) is 5.56 Å². The fourth-order valence-corrected chi connectivity index (χ4v) is 0.871. The molecule has 0 unspecified atom stereocenters. The van der Waals surface area contributed by atoms with Crippen LogP contribution in [0.3, 0.4) is 0 Å². The van der Waals surface area contributed by atoms with Crippen LogP contribution < -0.4 is 0 Å². The summed E-state index contributed by atoms with van der Waals surface area (Å²) in [6.45, 7) is 0. The molecule has 0 atom stereocenters. The van der Waals surface area contributed by atoms with E-state index in [1.807, 2.05) is 30.3 Å². The van der Waals surface area contributed by atoms with Crippen molar-refractivity contribution in [3.05, 3.63) is 30.3 Å². The topological polar surface area (TPSA) is 54.5 Å². The van der Waals surface area contributed by atoms with Gasteiger partial charge in [-0.2, -0.15) is 5.21 Å². The van der Waals surface area contributed by atoms with Gasteiger partial charge in [-0.05, 0) is 5.21 Å². The summed E-state index contributed by atoms with van der Waals surface area (Å²) >= 11 is 0. The zero-order chi connectivity index (χ0) is 7.52. The molecule has 0 spiro atoms. The number of aromatic amines is 1. The summed E-state index contributed by atoms with van der Waals surface area (Å²) in [5, 5.41) is 13.5. The van der Waals surface area contributed by atoms with Crippen molar-refractivity contribution in [2.24, 2.45) is 0 Å². The molecule has 1 aromatic heterocycles. The maximum atomic E-state index is 3.84. The van der Waals surface area contributed by atoms with E-state index in [4.69, 9.17) is 0 Å². The summed E-state index contributed by atoms with van der Waals surface area (Å²) in [6.07, 6.45) is 0. The van der Waals surface area contributed by atoms with Crippen LogP contribution in [-0.2, 0) is 0 Å². The van der Waals surface area contributed by atoms with E-state index in [1.165, 1.54) is 0 Å². The van der Waals surface area contributed by atoms with Gasteiger partial charge in [-0.15, -0.1) is 22.6 Å². The number of H-pyrrole nitrogens is 1. The van der Waals surface area contributed by atoms with E-state index in [0.29, 0.717) is 5.82 Å². The van der Waals surface area contributed by atoms with E-state index in [9.17, 15) is 0 Å². The number of halogens is 1. The molecule has 0 fully saturated rings. The molecule has 1 radical (unpaired) electrons. The number of hydrogen-bond acceptors (Lipinski definition) is 3. The minimum Gasteiger partial charge on any atom is -0.177 e. The van der Waals surface area contributed by atoms with Crippen LogP contribution in [0.1, 0.15) is 0 Å². The molecule has 1 heterocycles. The number of rotatable bonds is 1. The number of nitrogens with zero attached hydrogens (tertiary/aromatic N) is 3. The van der Waals surface area contributed by atoms with Crippen LogP contribution >= 0.6 is 12.4 Å². The molecule has 6 heteroatoms. The van der Waals surface area contributed by atoms with E-state index in [-0.39, 0.29) is 42.0 Å². The van der Waals surface area contributed by atoms with Gasteiger partial charge in [-0.25, -0.2) is 0 Å². The van der Waals surface area contributed by atoms with Gasteiger partial charge < -0.3 is 0 Å². The van der Waals surface area contributed by atoms with Crippen molar-refractivity contribution in [1.82, 2.24) is 20.6 Å². The molecule has 0 aliphatic carbocycles. The number of aromatic nitrogens is 4. The van der Waals surface area contributed by atoms with Gasteiger partial charge in [0.1, 0.15) is 0 Å². The normalized spacial score (nSPS) is 8.31. The third kappa shape index (κ3) is 3.08. The maximum Gasteiger partial charge on any atom is 0.204 e. The SMILES string of the molecule is Cl.[Na].c1ccc(-c2nn[nH]n2)cc1. The second-order valence-corrected chi connectivity index (χ2v) is 2.10. The molecule has 0 saturated heterocycles. The van der Waals surface area contributed by atoms with Crippen LogP contribution in [0.5, 0.6) is 0 Å². The van der Waals surface area contributed by atoms with Gasteiger partial charge in [0.15, 0.2) is 0 Å². The quantitative estimate of drug-likeness (QED) is 0.704. The Bertz CT molecular complexity index is 323. The smallest absolute Gasteiger partial charge is 0.177 e. The summed E-state index contributed by atoms with van der Waals surface area (Å²) in [4.78, 5) is 0. The second-order valence-electron chi connectivity index (χ2n) is 2.10. The van der Waals surface area contributed by atoms with Crippen molar-refractivity contribution in [2.75, 3.05) is 0 Å². The minimum absolute atomic E-state index is 0. The summed E-state index contributed by atoms with van der Waals surface area (Å²) < 4.78 is 0. The predicted molar refractivity (Wildman–Crippen MR) is 52.6 cm³/mol. The van der Waals surface area contributed by atoms with E-state index < -0.39 is 0 Å². The Morgan fingerprint density at radius 2 is 1.77 bits per heavy atom. The van der Waals surface area contributed by atoms with Crippen LogP contribution in [0.2, 0.25) is 0 Å². The average molecular weight is 206 g/mol. The zero-order valence-corrected chi connectivity index (χ0v) is 9.95. The van der Waals surface area contributed by atoms with E-state index in [1.54, 1.807) is 0 Å². The van der Waals surface area contributed by atoms with Crippen molar-refractivity contribution in [3.8, 4) is 11.4 Å². The standard InChI is InChI=1S/C7H6N4.ClH.Na/c1-2-4-6(5-3-1)7-8-10-11-9-7;;/h1-5H,(H,8,9,10,11);1H;. The number of benzene rings is 1. The monoisotopic (exact) mass is 205 g/mol. The Balaban J connectivity index is 0.000000720. The molecule has 0 aliphatic heterocycles. The summed E-state index contributed by atoms with van der Waals surface area (Å²) in [5.41, 5.74) is 0.973. The fourth-order valence-electron chi connectivity index (χ4n) is 0.871. The van der Waals surface area contributed by atoms with Crippen molar-refractivity contribution in [2.45, 2.75) is 0 Å². The third-order valence-corrected chi connectivity index (χ3v) is 1.38. The molecule has 0 bridgehead atoms. The Morgan fingerprint density at radius 1 is 1.08 bits per heavy atom. The third-order valence-electron chi connectivity index (χ3n) is 1.38. The first-order chi connectivity index (χ1) is 5.47. The van der Waals surface area contributed by atoms with Crippen LogP contribution in [-0.4, -0.2) is 50.2 Å². The number of hydrogen-bond donors (Lipinski definition) is 1. The van der Waals surface area contributed by atoms with Gasteiger partial charge in [0.25, 0.3) is 0 Å². The number of nitrogens with one attached hydrogen (secondary N) is 1. The van der Waals surface area contributed by atoms with Crippen molar-refractivity contribution < 1.29 is 0 Å². The molecule has 0 aliphatic rings. The van der Waals surface area contributed by atoms with Crippen LogP contribution in [0.4, 0.5) is 0 Å². The molecule has 1 N–H and O–H groups in total. The van der Waals surface area contributed by atoms with Gasteiger partial charge in [0, 0.05) is 35.1 Å². The molecule has 4 nitrogen and oxygen atoms in total. The van der Waals surface area contributed by atoms with Crippen molar-refractivity contribution >= 4 is 42.0 Å². The Labute approximate surface area is 104 Å². The van der Waals surface area contributed by atoms with Crippen LogP contribution in [0.15, 0.2) is 30.3 Å². The average Bonchev–Trinajstić information content (AvgIpc) is 2.58. The Hall–Kier alpha value is -0.420. The van der Waals surface area contributed by atoms with Gasteiger partial charge in [-0.3, -0.25) is 0 Å². The molecular weight excluding hydrogens is 199 g/mol. The first-order valence-electron chi connectivity index (χ1n) is 3.26. The summed E-state index contributed by atoms with van der Waals surface area (Å²) in [6, 6.07) is 9.69. The van der Waals surface area contributed by atoms with Crippen molar-refractivity contribution in [1.29, 1.82) is 0 Å². The molecule has 2 aromatic rings. The first-order valence-corrected chi connectivity index (χ1v) is 3.26. The van der Waals surface area contributed by atoms with Gasteiger partial charge in [0.05, 0.1) is 0 Å². The van der Waals surface area contributed by atoms with E-state index >= 15 is 0 Å². The molecule has 0 amide bonds. The summed E-state index contributed by atoms with van der Waals surface area (Å²) in [7, 11) is 0. The molecular formula is C7H7ClN4Na. The summed E-state index contributed by atoms with van der Waals surface area (Å²) in [5.74, 6) is 0.630. The zero-order valence-electron chi connectivity index (χ0n) is 7.14. The Kier molecular flexibility index (Phi) is 5.90. The predicted octanol–water partition coefficient (Wildman–Crippen LogP) is 0.908. The second kappa shape index (κ2) is 6.10.